The molecule has 1 heterocycles. The third-order valence-electron chi connectivity index (χ3n) is 3.01. The first kappa shape index (κ1) is 10.7. The Hall–Kier alpha value is -1.39. The van der Waals surface area contributed by atoms with Gasteiger partial charge in [0.2, 0.25) is 0 Å². The van der Waals surface area contributed by atoms with Crippen LogP contribution in [0.15, 0.2) is 41.3 Å². The quantitative estimate of drug-likeness (QED) is 0.673. The van der Waals surface area contributed by atoms with Crippen LogP contribution in [0.25, 0.3) is 10.8 Å². The lowest BCUT2D eigenvalue weighted by Gasteiger charge is -2.23. The molecule has 0 aliphatic carbocycles. The van der Waals surface area contributed by atoms with Crippen LogP contribution < -0.4 is 0 Å². The lowest BCUT2D eigenvalue weighted by Crippen LogP contribution is -2.25. The standard InChI is InChI=1S/C13H12O3S/c1-9-8-11-7-6-10-4-2-3-5-12(10)13(11)17(14,15)16-9/h2-7,9H,8H2,1H3. The van der Waals surface area contributed by atoms with Crippen LogP contribution in [0.3, 0.4) is 0 Å². The molecule has 17 heavy (non-hydrogen) atoms. The van der Waals surface area contributed by atoms with Crippen molar-refractivity contribution in [2.45, 2.75) is 24.3 Å². The van der Waals surface area contributed by atoms with Gasteiger partial charge < -0.3 is 0 Å². The fourth-order valence-corrected chi connectivity index (χ4v) is 3.88. The predicted octanol–water partition coefficient (Wildman–Crippen LogP) is 2.49. The van der Waals surface area contributed by atoms with Gasteiger partial charge in [-0.3, -0.25) is 4.18 Å². The predicted molar refractivity (Wildman–Crippen MR) is 65.4 cm³/mol. The highest BCUT2D eigenvalue weighted by atomic mass is 32.2. The Balaban J connectivity index is 2.43. The van der Waals surface area contributed by atoms with Crippen LogP contribution in [0.1, 0.15) is 12.5 Å². The summed E-state index contributed by atoms with van der Waals surface area (Å²) in [5, 5.41) is 1.67. The zero-order valence-electron chi connectivity index (χ0n) is 9.38. The minimum atomic E-state index is -3.62. The summed E-state index contributed by atoms with van der Waals surface area (Å²) in [4.78, 5) is 0.341. The maximum atomic E-state index is 12.1. The van der Waals surface area contributed by atoms with Gasteiger partial charge in [-0.1, -0.05) is 36.4 Å². The van der Waals surface area contributed by atoms with Gasteiger partial charge in [0.1, 0.15) is 4.90 Å². The molecule has 0 radical (unpaired) electrons. The highest BCUT2D eigenvalue weighted by Crippen LogP contribution is 2.33. The summed E-state index contributed by atoms with van der Waals surface area (Å²) in [5.74, 6) is 0. The fraction of sp³-hybridized carbons (Fsp3) is 0.231. The molecule has 3 rings (SSSR count). The third kappa shape index (κ3) is 1.64. The van der Waals surface area contributed by atoms with Gasteiger partial charge in [0.15, 0.2) is 0 Å². The Bertz CT molecular complexity index is 689. The molecule has 0 spiro atoms. The van der Waals surface area contributed by atoms with Crippen molar-refractivity contribution in [2.24, 2.45) is 0 Å². The monoisotopic (exact) mass is 248 g/mol. The van der Waals surface area contributed by atoms with Crippen molar-refractivity contribution < 1.29 is 12.6 Å². The first-order valence-electron chi connectivity index (χ1n) is 5.52. The van der Waals surface area contributed by atoms with Crippen molar-refractivity contribution in [3.05, 3.63) is 42.0 Å². The molecule has 0 amide bonds. The second-order valence-corrected chi connectivity index (χ2v) is 5.85. The van der Waals surface area contributed by atoms with Crippen molar-refractivity contribution >= 4 is 20.9 Å². The Labute approximate surface area is 100 Å². The molecule has 2 aromatic rings. The summed E-state index contributed by atoms with van der Waals surface area (Å²) in [6.07, 6.45) is 0.355. The molecule has 0 bridgehead atoms. The van der Waals surface area contributed by atoms with E-state index in [0.717, 1.165) is 16.3 Å². The Kier molecular flexibility index (Phi) is 2.24. The molecule has 1 aliphatic rings. The zero-order chi connectivity index (χ0) is 12.0. The second kappa shape index (κ2) is 3.55. The average molecular weight is 248 g/mol. The van der Waals surface area contributed by atoms with Gasteiger partial charge in [-0.05, 0) is 17.9 Å². The van der Waals surface area contributed by atoms with E-state index < -0.39 is 10.1 Å². The number of hydrogen-bond acceptors (Lipinski definition) is 3. The van der Waals surface area contributed by atoms with Crippen molar-refractivity contribution in [1.82, 2.24) is 0 Å². The first-order valence-corrected chi connectivity index (χ1v) is 6.93. The van der Waals surface area contributed by atoms with E-state index in [-0.39, 0.29) is 6.10 Å². The first-order chi connectivity index (χ1) is 8.08. The maximum Gasteiger partial charge on any atom is 0.298 e. The lowest BCUT2D eigenvalue weighted by atomic mass is 10.0. The highest BCUT2D eigenvalue weighted by Gasteiger charge is 2.30. The SMILES string of the molecule is CC1Cc2ccc3ccccc3c2S(=O)(=O)O1. The topological polar surface area (TPSA) is 43.4 Å². The van der Waals surface area contributed by atoms with Crippen LogP contribution in [0.5, 0.6) is 0 Å². The van der Waals surface area contributed by atoms with E-state index >= 15 is 0 Å². The number of hydrogen-bond donors (Lipinski definition) is 0. The average Bonchev–Trinajstić information content (AvgIpc) is 2.26. The molecular formula is C13H12O3S. The minimum absolute atomic E-state index is 0.284. The maximum absolute atomic E-state index is 12.1. The van der Waals surface area contributed by atoms with E-state index in [1.165, 1.54) is 0 Å². The zero-order valence-corrected chi connectivity index (χ0v) is 10.2. The molecule has 1 atom stereocenters. The van der Waals surface area contributed by atoms with Gasteiger partial charge in [-0.15, -0.1) is 0 Å². The molecule has 1 unspecified atom stereocenters. The molecular weight excluding hydrogens is 236 g/mol. The molecule has 4 heteroatoms. The summed E-state index contributed by atoms with van der Waals surface area (Å²) < 4.78 is 29.2. The number of rotatable bonds is 0. The molecule has 88 valence electrons. The third-order valence-corrected chi connectivity index (χ3v) is 4.57. The van der Waals surface area contributed by atoms with Crippen LogP contribution in [-0.4, -0.2) is 14.5 Å². The van der Waals surface area contributed by atoms with E-state index in [1.54, 1.807) is 6.92 Å². The van der Waals surface area contributed by atoms with Gasteiger partial charge in [-0.25, -0.2) is 0 Å². The van der Waals surface area contributed by atoms with Crippen molar-refractivity contribution in [3.63, 3.8) is 0 Å². The molecule has 0 aromatic heterocycles. The molecule has 0 saturated heterocycles. The van der Waals surface area contributed by atoms with Gasteiger partial charge in [0, 0.05) is 11.8 Å². The Morgan fingerprint density at radius 1 is 1.18 bits per heavy atom. The summed E-state index contributed by atoms with van der Waals surface area (Å²) in [5.41, 5.74) is 0.849. The summed E-state index contributed by atoms with van der Waals surface area (Å²) in [6, 6.07) is 11.3. The normalized spacial score (nSPS) is 22.3. The van der Waals surface area contributed by atoms with E-state index in [1.807, 2.05) is 36.4 Å². The molecule has 0 N–H and O–H groups in total. The van der Waals surface area contributed by atoms with Gasteiger partial charge in [0.05, 0.1) is 6.10 Å². The largest absolute Gasteiger partial charge is 0.298 e. The van der Waals surface area contributed by atoms with Crippen molar-refractivity contribution in [1.29, 1.82) is 0 Å². The van der Waals surface area contributed by atoms with Crippen LogP contribution in [0.2, 0.25) is 0 Å². The van der Waals surface area contributed by atoms with Crippen LogP contribution in [0, 0.1) is 0 Å². The highest BCUT2D eigenvalue weighted by molar-refractivity contribution is 7.87. The van der Waals surface area contributed by atoms with Gasteiger partial charge in [0.25, 0.3) is 10.1 Å². The smallest absolute Gasteiger partial charge is 0.263 e. The number of fused-ring (bicyclic) bond motifs is 3. The summed E-state index contributed by atoms with van der Waals surface area (Å²) in [6.45, 7) is 1.77. The molecule has 0 fully saturated rings. The van der Waals surface area contributed by atoms with Gasteiger partial charge in [-0.2, -0.15) is 8.42 Å². The van der Waals surface area contributed by atoms with E-state index in [0.29, 0.717) is 11.3 Å². The van der Waals surface area contributed by atoms with Crippen molar-refractivity contribution in [2.75, 3.05) is 0 Å². The summed E-state index contributed by atoms with van der Waals surface area (Å²) >= 11 is 0. The Morgan fingerprint density at radius 2 is 1.94 bits per heavy atom. The summed E-state index contributed by atoms with van der Waals surface area (Å²) in [7, 11) is -3.62. The molecule has 1 aliphatic heterocycles. The lowest BCUT2D eigenvalue weighted by molar-refractivity contribution is 0.219. The number of benzene rings is 2. The minimum Gasteiger partial charge on any atom is -0.263 e. The molecule has 3 nitrogen and oxygen atoms in total. The van der Waals surface area contributed by atoms with Crippen molar-refractivity contribution in [3.8, 4) is 0 Å². The molecule has 0 saturated carbocycles. The van der Waals surface area contributed by atoms with Crippen LogP contribution >= 0.6 is 0 Å². The van der Waals surface area contributed by atoms with Gasteiger partial charge >= 0.3 is 0 Å². The van der Waals surface area contributed by atoms with Crippen LogP contribution in [-0.2, 0) is 20.7 Å². The van der Waals surface area contributed by atoms with E-state index in [9.17, 15) is 8.42 Å². The van der Waals surface area contributed by atoms with E-state index in [4.69, 9.17) is 4.18 Å². The molecule has 2 aromatic carbocycles. The second-order valence-electron chi connectivity index (χ2n) is 4.34. The Morgan fingerprint density at radius 3 is 2.76 bits per heavy atom. The van der Waals surface area contributed by atoms with Crippen LogP contribution in [0.4, 0.5) is 0 Å². The fourth-order valence-electron chi connectivity index (χ4n) is 2.35. The van der Waals surface area contributed by atoms with E-state index in [2.05, 4.69) is 0 Å².